The van der Waals surface area contributed by atoms with Crippen molar-refractivity contribution in [1.29, 1.82) is 0 Å². The lowest BCUT2D eigenvalue weighted by atomic mass is 10.0. The lowest BCUT2D eigenvalue weighted by Gasteiger charge is -2.35. The molecular weight excluding hydrogens is 276 g/mol. The second-order valence-electron chi connectivity index (χ2n) is 5.74. The summed E-state index contributed by atoms with van der Waals surface area (Å²) in [5.41, 5.74) is 8.05. The fourth-order valence-corrected chi connectivity index (χ4v) is 3.16. The Balaban J connectivity index is 2.08. The van der Waals surface area contributed by atoms with Crippen LogP contribution in [0.5, 0.6) is 0 Å². The third-order valence-corrected chi connectivity index (χ3v) is 4.50. The SMILES string of the molecule is CCN1CCN(c2nc3ccccc3c(C)c2C(N)=O)CC1. The van der Waals surface area contributed by atoms with Crippen molar-refractivity contribution in [2.75, 3.05) is 37.6 Å². The van der Waals surface area contributed by atoms with Crippen LogP contribution in [0, 0.1) is 6.92 Å². The number of pyridine rings is 1. The Hall–Kier alpha value is -2.14. The highest BCUT2D eigenvalue weighted by molar-refractivity contribution is 6.04. The zero-order chi connectivity index (χ0) is 15.7. The van der Waals surface area contributed by atoms with Crippen LogP contribution in [0.3, 0.4) is 0 Å². The number of piperazine rings is 1. The number of nitrogens with two attached hydrogens (primary N) is 1. The number of hydrogen-bond acceptors (Lipinski definition) is 4. The molecule has 2 aromatic rings. The number of para-hydroxylation sites is 1. The summed E-state index contributed by atoms with van der Waals surface area (Å²) in [5.74, 6) is 0.336. The van der Waals surface area contributed by atoms with Gasteiger partial charge in [-0.1, -0.05) is 25.1 Å². The van der Waals surface area contributed by atoms with Gasteiger partial charge >= 0.3 is 0 Å². The van der Waals surface area contributed by atoms with E-state index in [0.29, 0.717) is 5.56 Å². The topological polar surface area (TPSA) is 62.5 Å². The molecule has 0 spiro atoms. The van der Waals surface area contributed by atoms with Crippen LogP contribution in [0.25, 0.3) is 10.9 Å². The molecule has 1 fully saturated rings. The molecule has 1 aliphatic rings. The van der Waals surface area contributed by atoms with Gasteiger partial charge in [0.2, 0.25) is 0 Å². The van der Waals surface area contributed by atoms with Gasteiger partial charge in [-0.2, -0.15) is 0 Å². The van der Waals surface area contributed by atoms with Crippen molar-refractivity contribution in [3.8, 4) is 0 Å². The van der Waals surface area contributed by atoms with Gasteiger partial charge in [-0.3, -0.25) is 4.79 Å². The van der Waals surface area contributed by atoms with E-state index in [1.807, 2.05) is 31.2 Å². The van der Waals surface area contributed by atoms with Crippen molar-refractivity contribution in [2.45, 2.75) is 13.8 Å². The first-order valence-electron chi connectivity index (χ1n) is 7.78. The maximum atomic E-state index is 12.0. The van der Waals surface area contributed by atoms with E-state index < -0.39 is 5.91 Å². The van der Waals surface area contributed by atoms with Crippen LogP contribution in [0.4, 0.5) is 5.82 Å². The molecule has 2 heterocycles. The molecule has 22 heavy (non-hydrogen) atoms. The average molecular weight is 298 g/mol. The summed E-state index contributed by atoms with van der Waals surface area (Å²) < 4.78 is 0. The second kappa shape index (κ2) is 5.93. The van der Waals surface area contributed by atoms with E-state index in [9.17, 15) is 4.79 Å². The van der Waals surface area contributed by atoms with Crippen molar-refractivity contribution >= 4 is 22.6 Å². The maximum absolute atomic E-state index is 12.0. The van der Waals surface area contributed by atoms with E-state index in [1.165, 1.54) is 0 Å². The molecule has 1 saturated heterocycles. The molecule has 1 amide bonds. The van der Waals surface area contributed by atoms with Gasteiger partial charge in [0.25, 0.3) is 5.91 Å². The van der Waals surface area contributed by atoms with Crippen LogP contribution in [0.2, 0.25) is 0 Å². The monoisotopic (exact) mass is 298 g/mol. The minimum Gasteiger partial charge on any atom is -0.365 e. The van der Waals surface area contributed by atoms with Crippen molar-refractivity contribution in [3.05, 3.63) is 35.4 Å². The van der Waals surface area contributed by atoms with Crippen molar-refractivity contribution in [1.82, 2.24) is 9.88 Å². The highest BCUT2D eigenvalue weighted by atomic mass is 16.1. The highest BCUT2D eigenvalue weighted by Crippen LogP contribution is 2.28. The minimum absolute atomic E-state index is 0.399. The Labute approximate surface area is 130 Å². The summed E-state index contributed by atoms with van der Waals surface area (Å²) in [6.07, 6.45) is 0. The lowest BCUT2D eigenvalue weighted by molar-refractivity contribution is 0.1000. The standard InChI is InChI=1S/C17H22N4O/c1-3-20-8-10-21(11-9-20)17-15(16(18)22)12(2)13-6-4-5-7-14(13)19-17/h4-7H,3,8-11H2,1-2H3,(H2,18,22). The van der Waals surface area contributed by atoms with E-state index >= 15 is 0 Å². The maximum Gasteiger partial charge on any atom is 0.252 e. The third-order valence-electron chi connectivity index (χ3n) is 4.50. The van der Waals surface area contributed by atoms with Gasteiger partial charge in [0.05, 0.1) is 11.1 Å². The van der Waals surface area contributed by atoms with Crippen molar-refractivity contribution < 1.29 is 4.79 Å². The number of aromatic nitrogens is 1. The molecule has 5 heteroatoms. The van der Waals surface area contributed by atoms with Crippen LogP contribution in [-0.4, -0.2) is 48.5 Å². The number of hydrogen-bond donors (Lipinski definition) is 1. The molecule has 1 aromatic heterocycles. The van der Waals surface area contributed by atoms with E-state index in [0.717, 1.165) is 55.0 Å². The quantitative estimate of drug-likeness (QED) is 0.938. The number of carbonyl (C=O) groups excluding carboxylic acids is 1. The van der Waals surface area contributed by atoms with Crippen LogP contribution < -0.4 is 10.6 Å². The number of fused-ring (bicyclic) bond motifs is 1. The lowest BCUT2D eigenvalue weighted by Crippen LogP contribution is -2.47. The number of carbonyl (C=O) groups is 1. The van der Waals surface area contributed by atoms with Crippen LogP contribution >= 0.6 is 0 Å². The van der Waals surface area contributed by atoms with Gasteiger partial charge in [0, 0.05) is 31.6 Å². The van der Waals surface area contributed by atoms with Gasteiger partial charge in [-0.15, -0.1) is 0 Å². The number of rotatable bonds is 3. The summed E-state index contributed by atoms with van der Waals surface area (Å²) in [7, 11) is 0. The first-order chi connectivity index (χ1) is 10.6. The summed E-state index contributed by atoms with van der Waals surface area (Å²) in [5, 5.41) is 0.993. The number of nitrogens with zero attached hydrogens (tertiary/aromatic N) is 3. The number of aryl methyl sites for hydroxylation is 1. The zero-order valence-corrected chi connectivity index (χ0v) is 13.2. The predicted octanol–water partition coefficient (Wildman–Crippen LogP) is 1.78. The second-order valence-corrected chi connectivity index (χ2v) is 5.74. The van der Waals surface area contributed by atoms with Gasteiger partial charge in [0.1, 0.15) is 5.82 Å². The smallest absolute Gasteiger partial charge is 0.252 e. The number of amides is 1. The Morgan fingerprint density at radius 2 is 1.91 bits per heavy atom. The normalized spacial score (nSPS) is 16.2. The Kier molecular flexibility index (Phi) is 3.98. The molecule has 1 aliphatic heterocycles. The average Bonchev–Trinajstić information content (AvgIpc) is 2.54. The molecule has 0 radical (unpaired) electrons. The number of primary amides is 1. The fraction of sp³-hybridized carbons (Fsp3) is 0.412. The van der Waals surface area contributed by atoms with Crippen molar-refractivity contribution in [3.63, 3.8) is 0 Å². The fourth-order valence-electron chi connectivity index (χ4n) is 3.16. The molecule has 1 aromatic carbocycles. The molecule has 0 atom stereocenters. The van der Waals surface area contributed by atoms with Gasteiger partial charge in [0.15, 0.2) is 0 Å². The predicted molar refractivity (Wildman–Crippen MR) is 89.3 cm³/mol. The Bertz CT molecular complexity index is 705. The molecule has 116 valence electrons. The van der Waals surface area contributed by atoms with Gasteiger partial charge < -0.3 is 15.5 Å². The van der Waals surface area contributed by atoms with E-state index in [-0.39, 0.29) is 0 Å². The highest BCUT2D eigenvalue weighted by Gasteiger charge is 2.24. The molecule has 0 unspecified atom stereocenters. The zero-order valence-electron chi connectivity index (χ0n) is 13.2. The van der Waals surface area contributed by atoms with Crippen molar-refractivity contribution in [2.24, 2.45) is 5.73 Å². The molecule has 2 N–H and O–H groups in total. The van der Waals surface area contributed by atoms with Crippen LogP contribution in [0.1, 0.15) is 22.8 Å². The van der Waals surface area contributed by atoms with Crippen LogP contribution in [-0.2, 0) is 0 Å². The molecule has 0 bridgehead atoms. The van der Waals surface area contributed by atoms with E-state index in [2.05, 4.69) is 16.7 Å². The minimum atomic E-state index is -0.399. The first kappa shape index (κ1) is 14.8. The van der Waals surface area contributed by atoms with E-state index in [1.54, 1.807) is 0 Å². The van der Waals surface area contributed by atoms with Gasteiger partial charge in [-0.25, -0.2) is 4.98 Å². The molecule has 3 rings (SSSR count). The number of likely N-dealkylation sites (N-methyl/N-ethyl adjacent to an activating group) is 1. The van der Waals surface area contributed by atoms with E-state index in [4.69, 9.17) is 10.7 Å². The molecule has 5 nitrogen and oxygen atoms in total. The van der Waals surface area contributed by atoms with Crippen LogP contribution in [0.15, 0.2) is 24.3 Å². The van der Waals surface area contributed by atoms with Gasteiger partial charge in [-0.05, 0) is 25.1 Å². The Morgan fingerprint density at radius 3 is 2.55 bits per heavy atom. The Morgan fingerprint density at radius 1 is 1.23 bits per heavy atom. The summed E-state index contributed by atoms with van der Waals surface area (Å²) in [6.45, 7) is 8.90. The molecule has 0 aliphatic carbocycles. The summed E-state index contributed by atoms with van der Waals surface area (Å²) in [6, 6.07) is 7.90. The molecular formula is C17H22N4O. The first-order valence-corrected chi connectivity index (χ1v) is 7.78. The third kappa shape index (κ3) is 2.52. The number of benzene rings is 1. The largest absolute Gasteiger partial charge is 0.365 e. The number of anilines is 1. The summed E-state index contributed by atoms with van der Waals surface area (Å²) >= 11 is 0. The summed E-state index contributed by atoms with van der Waals surface area (Å²) in [4.78, 5) is 21.3. The molecule has 0 saturated carbocycles.